The summed E-state index contributed by atoms with van der Waals surface area (Å²) in [6.45, 7) is 0. The van der Waals surface area contributed by atoms with Gasteiger partial charge in [-0.3, -0.25) is 9.89 Å². The van der Waals surface area contributed by atoms with Crippen molar-refractivity contribution in [1.82, 2.24) is 10.2 Å². The Morgan fingerprint density at radius 2 is 1.86 bits per heavy atom. The summed E-state index contributed by atoms with van der Waals surface area (Å²) in [6, 6.07) is 19.8. The number of H-pyrrole nitrogens is 1. The standard InChI is InChI=1S/C22H15N3OS2/c26-22(21-13-20-19(28-21)11-12-27-20)23-16-7-3-1-5-14(16)9-10-18-15-6-2-4-8-17(15)24-25-18/h1-13H,(H,23,26)(H,24,25). The van der Waals surface area contributed by atoms with Crippen molar-refractivity contribution in [2.45, 2.75) is 0 Å². The Morgan fingerprint density at radius 3 is 2.79 bits per heavy atom. The summed E-state index contributed by atoms with van der Waals surface area (Å²) in [5.41, 5.74) is 3.58. The summed E-state index contributed by atoms with van der Waals surface area (Å²) in [6.07, 6.45) is 3.94. The van der Waals surface area contributed by atoms with Crippen LogP contribution in [0.25, 0.3) is 32.5 Å². The van der Waals surface area contributed by atoms with Crippen molar-refractivity contribution in [2.75, 3.05) is 5.32 Å². The van der Waals surface area contributed by atoms with E-state index in [4.69, 9.17) is 0 Å². The largest absolute Gasteiger partial charge is 0.321 e. The van der Waals surface area contributed by atoms with E-state index in [1.165, 1.54) is 11.3 Å². The second-order valence-electron chi connectivity index (χ2n) is 6.29. The molecule has 0 fully saturated rings. The third kappa shape index (κ3) is 3.13. The van der Waals surface area contributed by atoms with Gasteiger partial charge in [0.25, 0.3) is 5.91 Å². The van der Waals surface area contributed by atoms with Gasteiger partial charge in [0.05, 0.1) is 16.1 Å². The molecule has 0 unspecified atom stereocenters. The highest BCUT2D eigenvalue weighted by Crippen LogP contribution is 2.31. The van der Waals surface area contributed by atoms with Crippen LogP contribution in [0.5, 0.6) is 0 Å². The van der Waals surface area contributed by atoms with E-state index in [-0.39, 0.29) is 5.91 Å². The first-order valence-electron chi connectivity index (χ1n) is 8.76. The number of benzene rings is 2. The zero-order valence-electron chi connectivity index (χ0n) is 14.7. The molecule has 0 saturated heterocycles. The molecule has 2 N–H and O–H groups in total. The Labute approximate surface area is 169 Å². The number of para-hydroxylation sites is 2. The molecule has 136 valence electrons. The number of nitrogens with one attached hydrogen (secondary N) is 2. The predicted molar refractivity (Wildman–Crippen MR) is 119 cm³/mol. The van der Waals surface area contributed by atoms with E-state index in [1.807, 2.05) is 78.2 Å². The molecule has 0 atom stereocenters. The molecule has 5 aromatic rings. The van der Waals surface area contributed by atoms with Gasteiger partial charge in [0.15, 0.2) is 0 Å². The summed E-state index contributed by atoms with van der Waals surface area (Å²) >= 11 is 3.17. The normalized spacial score (nSPS) is 11.6. The van der Waals surface area contributed by atoms with E-state index in [0.717, 1.165) is 42.1 Å². The molecule has 0 aliphatic heterocycles. The lowest BCUT2D eigenvalue weighted by molar-refractivity contribution is 0.103. The van der Waals surface area contributed by atoms with Crippen molar-refractivity contribution in [2.24, 2.45) is 0 Å². The quantitative estimate of drug-likeness (QED) is 0.373. The van der Waals surface area contributed by atoms with Crippen LogP contribution in [-0.2, 0) is 0 Å². The summed E-state index contributed by atoms with van der Waals surface area (Å²) in [7, 11) is 0. The maximum Gasteiger partial charge on any atom is 0.265 e. The molecule has 6 heteroatoms. The summed E-state index contributed by atoms with van der Waals surface area (Å²) in [5, 5.41) is 13.6. The molecule has 1 amide bonds. The van der Waals surface area contributed by atoms with Crippen LogP contribution >= 0.6 is 22.7 Å². The van der Waals surface area contributed by atoms with Gasteiger partial charge in [-0.2, -0.15) is 5.10 Å². The molecule has 0 spiro atoms. The lowest BCUT2D eigenvalue weighted by Crippen LogP contribution is -2.10. The lowest BCUT2D eigenvalue weighted by Gasteiger charge is -2.07. The number of nitrogens with zero attached hydrogens (tertiary/aromatic N) is 1. The molecule has 2 aromatic carbocycles. The molecule has 3 aromatic heterocycles. The number of amides is 1. The fraction of sp³-hybridized carbons (Fsp3) is 0. The zero-order valence-corrected chi connectivity index (χ0v) is 16.3. The van der Waals surface area contributed by atoms with E-state index in [9.17, 15) is 4.79 Å². The van der Waals surface area contributed by atoms with Crippen molar-refractivity contribution in [3.8, 4) is 0 Å². The topological polar surface area (TPSA) is 57.8 Å². The van der Waals surface area contributed by atoms with Gasteiger partial charge in [0.1, 0.15) is 0 Å². The summed E-state index contributed by atoms with van der Waals surface area (Å²) in [5.74, 6) is -0.0838. The monoisotopic (exact) mass is 401 g/mol. The minimum atomic E-state index is -0.0838. The highest BCUT2D eigenvalue weighted by atomic mass is 32.1. The van der Waals surface area contributed by atoms with Crippen molar-refractivity contribution in [3.63, 3.8) is 0 Å². The molecular formula is C22H15N3OS2. The second kappa shape index (κ2) is 7.07. The van der Waals surface area contributed by atoms with Crippen LogP contribution in [0.3, 0.4) is 0 Å². The molecule has 0 saturated carbocycles. The number of fused-ring (bicyclic) bond motifs is 2. The third-order valence-corrected chi connectivity index (χ3v) is 6.58. The van der Waals surface area contributed by atoms with E-state index >= 15 is 0 Å². The minimum Gasteiger partial charge on any atom is -0.321 e. The highest BCUT2D eigenvalue weighted by Gasteiger charge is 2.12. The van der Waals surface area contributed by atoms with Crippen molar-refractivity contribution in [1.29, 1.82) is 0 Å². The number of hydrogen-bond acceptors (Lipinski definition) is 4. The average Bonchev–Trinajstić information content (AvgIpc) is 3.42. The maximum absolute atomic E-state index is 12.7. The number of aromatic amines is 1. The van der Waals surface area contributed by atoms with Crippen LogP contribution in [0.4, 0.5) is 5.69 Å². The van der Waals surface area contributed by atoms with E-state index in [1.54, 1.807) is 11.3 Å². The van der Waals surface area contributed by atoms with Gasteiger partial charge in [0, 0.05) is 20.5 Å². The van der Waals surface area contributed by atoms with Crippen molar-refractivity contribution >= 4 is 66.7 Å². The van der Waals surface area contributed by atoms with E-state index < -0.39 is 0 Å². The summed E-state index contributed by atoms with van der Waals surface area (Å²) < 4.78 is 2.29. The fourth-order valence-corrected chi connectivity index (χ4v) is 5.10. The van der Waals surface area contributed by atoms with Crippen LogP contribution < -0.4 is 5.32 Å². The molecule has 0 aliphatic rings. The molecular weight excluding hydrogens is 386 g/mol. The Hall–Kier alpha value is -3.22. The molecule has 28 heavy (non-hydrogen) atoms. The highest BCUT2D eigenvalue weighted by molar-refractivity contribution is 7.27. The van der Waals surface area contributed by atoms with Gasteiger partial charge in [-0.15, -0.1) is 22.7 Å². The number of carbonyl (C=O) groups is 1. The summed E-state index contributed by atoms with van der Waals surface area (Å²) in [4.78, 5) is 13.4. The van der Waals surface area contributed by atoms with Gasteiger partial charge in [-0.05, 0) is 41.3 Å². The van der Waals surface area contributed by atoms with Gasteiger partial charge < -0.3 is 5.32 Å². The zero-order chi connectivity index (χ0) is 18.9. The number of aromatic nitrogens is 2. The molecule has 0 aliphatic carbocycles. The van der Waals surface area contributed by atoms with Crippen LogP contribution in [0.2, 0.25) is 0 Å². The Morgan fingerprint density at radius 1 is 1.00 bits per heavy atom. The lowest BCUT2D eigenvalue weighted by atomic mass is 10.1. The van der Waals surface area contributed by atoms with Crippen LogP contribution in [0.1, 0.15) is 20.9 Å². The molecule has 4 nitrogen and oxygen atoms in total. The predicted octanol–water partition coefficient (Wildman–Crippen LogP) is 6.26. The van der Waals surface area contributed by atoms with Gasteiger partial charge in [0.2, 0.25) is 0 Å². The van der Waals surface area contributed by atoms with Crippen LogP contribution in [0.15, 0.2) is 66.0 Å². The third-order valence-electron chi connectivity index (χ3n) is 4.49. The molecule has 0 bridgehead atoms. The van der Waals surface area contributed by atoms with E-state index in [0.29, 0.717) is 0 Å². The van der Waals surface area contributed by atoms with Gasteiger partial charge in [-0.1, -0.05) is 42.5 Å². The number of thiophene rings is 2. The smallest absolute Gasteiger partial charge is 0.265 e. The Kier molecular flexibility index (Phi) is 4.27. The van der Waals surface area contributed by atoms with Crippen LogP contribution in [-0.4, -0.2) is 16.1 Å². The number of carbonyl (C=O) groups excluding carboxylic acids is 1. The van der Waals surface area contributed by atoms with Crippen molar-refractivity contribution < 1.29 is 4.79 Å². The number of hydrogen-bond donors (Lipinski definition) is 2. The first kappa shape index (κ1) is 16.9. The number of anilines is 1. The van der Waals surface area contributed by atoms with Gasteiger partial charge in [-0.25, -0.2) is 0 Å². The molecule has 0 radical (unpaired) electrons. The van der Waals surface area contributed by atoms with Gasteiger partial charge >= 0.3 is 0 Å². The average molecular weight is 402 g/mol. The van der Waals surface area contributed by atoms with Crippen molar-refractivity contribution in [3.05, 3.63) is 82.2 Å². The minimum absolute atomic E-state index is 0.0838. The second-order valence-corrected chi connectivity index (χ2v) is 8.32. The first-order chi connectivity index (χ1) is 13.8. The fourth-order valence-electron chi connectivity index (χ4n) is 3.10. The molecule has 5 rings (SSSR count). The van der Waals surface area contributed by atoms with Crippen LogP contribution in [0, 0.1) is 0 Å². The Balaban J connectivity index is 1.42. The molecule has 3 heterocycles. The Bertz CT molecular complexity index is 1300. The SMILES string of the molecule is O=C(Nc1ccccc1C=Cc1n[nH]c2ccccc12)c1cc2sccc2s1. The first-order valence-corrected chi connectivity index (χ1v) is 10.5. The maximum atomic E-state index is 12.7. The van der Waals surface area contributed by atoms with E-state index in [2.05, 4.69) is 15.5 Å². The number of rotatable bonds is 4.